The highest BCUT2D eigenvalue weighted by Crippen LogP contribution is 2.18. The van der Waals surface area contributed by atoms with Gasteiger partial charge in [0.15, 0.2) is 5.96 Å². The van der Waals surface area contributed by atoms with Gasteiger partial charge in [0, 0.05) is 45.8 Å². The molecule has 1 atom stereocenters. The molecule has 2 saturated heterocycles. The summed E-state index contributed by atoms with van der Waals surface area (Å²) in [6.07, 6.45) is -3.20. The predicted octanol–water partition coefficient (Wildman–Crippen LogP) is 2.87. The highest BCUT2D eigenvalue weighted by molar-refractivity contribution is 14.0. The highest BCUT2D eigenvalue weighted by Gasteiger charge is 2.30. The molecule has 2 aliphatic rings. The zero-order chi connectivity index (χ0) is 20.7. The minimum absolute atomic E-state index is 0. The lowest BCUT2D eigenvalue weighted by Crippen LogP contribution is -2.46. The molecule has 2 heterocycles. The number of nitrogens with one attached hydrogen (secondary N) is 1. The molecule has 0 spiro atoms. The summed E-state index contributed by atoms with van der Waals surface area (Å²) in [6, 6.07) is 7.91. The van der Waals surface area contributed by atoms with Crippen molar-refractivity contribution in [3.05, 3.63) is 35.4 Å². The van der Waals surface area contributed by atoms with Gasteiger partial charge >= 0.3 is 6.18 Å². The standard InChI is InChI=1S/C20H29F3N4O2.HI/c1-24-19(27-6-5-18(13-27)26-7-9-28-10-8-26)25-12-16-3-2-4-17(11-16)14-29-15-20(21,22)23;/h2-4,11,18H,5-10,12-15H2,1H3,(H,24,25);1H. The van der Waals surface area contributed by atoms with Crippen molar-refractivity contribution in [2.45, 2.75) is 31.8 Å². The summed E-state index contributed by atoms with van der Waals surface area (Å²) in [6.45, 7) is 4.70. The Morgan fingerprint density at radius 2 is 1.97 bits per heavy atom. The Labute approximate surface area is 192 Å². The van der Waals surface area contributed by atoms with E-state index in [1.165, 1.54) is 0 Å². The molecule has 2 fully saturated rings. The third-order valence-electron chi connectivity index (χ3n) is 5.21. The van der Waals surface area contributed by atoms with Crippen LogP contribution in [0, 0.1) is 0 Å². The largest absolute Gasteiger partial charge is 0.411 e. The summed E-state index contributed by atoms with van der Waals surface area (Å²) in [4.78, 5) is 9.15. The Morgan fingerprint density at radius 3 is 2.67 bits per heavy atom. The lowest BCUT2D eigenvalue weighted by atomic mass is 10.1. The molecular weight excluding hydrogens is 512 g/mol. The first-order valence-electron chi connectivity index (χ1n) is 9.94. The third-order valence-corrected chi connectivity index (χ3v) is 5.21. The van der Waals surface area contributed by atoms with Crippen molar-refractivity contribution in [3.8, 4) is 0 Å². The number of nitrogens with zero attached hydrogens (tertiary/aromatic N) is 3. The maximum Gasteiger partial charge on any atom is 0.411 e. The first kappa shape index (κ1) is 25.2. The molecule has 1 aromatic carbocycles. The molecule has 0 radical (unpaired) electrons. The first-order valence-corrected chi connectivity index (χ1v) is 9.94. The van der Waals surface area contributed by atoms with E-state index < -0.39 is 12.8 Å². The molecular formula is C20H30F3IN4O2. The van der Waals surface area contributed by atoms with Gasteiger partial charge in [-0.1, -0.05) is 24.3 Å². The van der Waals surface area contributed by atoms with Crippen molar-refractivity contribution in [2.75, 3.05) is 53.0 Å². The van der Waals surface area contributed by atoms with E-state index in [1.54, 1.807) is 13.1 Å². The van der Waals surface area contributed by atoms with Crippen LogP contribution in [0.25, 0.3) is 0 Å². The van der Waals surface area contributed by atoms with Gasteiger partial charge in [-0.2, -0.15) is 13.2 Å². The zero-order valence-electron chi connectivity index (χ0n) is 17.2. The summed E-state index contributed by atoms with van der Waals surface area (Å²) in [5, 5.41) is 3.37. The van der Waals surface area contributed by atoms with Crippen LogP contribution in [0.1, 0.15) is 17.5 Å². The first-order chi connectivity index (χ1) is 13.9. The van der Waals surface area contributed by atoms with Crippen molar-refractivity contribution in [3.63, 3.8) is 0 Å². The third kappa shape index (κ3) is 7.86. The Bertz CT molecular complexity index is 684. The number of hydrogen-bond donors (Lipinski definition) is 1. The fraction of sp³-hybridized carbons (Fsp3) is 0.650. The molecule has 6 nitrogen and oxygen atoms in total. The number of halogens is 4. The van der Waals surface area contributed by atoms with Crippen LogP contribution in [0.3, 0.4) is 0 Å². The van der Waals surface area contributed by atoms with E-state index >= 15 is 0 Å². The Hall–Kier alpha value is -1.11. The van der Waals surface area contributed by atoms with Gasteiger partial charge in [0.2, 0.25) is 0 Å². The number of likely N-dealkylation sites (tertiary alicyclic amines) is 1. The van der Waals surface area contributed by atoms with Crippen LogP contribution in [0.2, 0.25) is 0 Å². The van der Waals surface area contributed by atoms with Crippen LogP contribution in [0.4, 0.5) is 13.2 Å². The number of benzene rings is 1. The number of ether oxygens (including phenoxy) is 2. The molecule has 170 valence electrons. The number of aliphatic imine (C=N–C) groups is 1. The number of hydrogen-bond acceptors (Lipinski definition) is 4. The predicted molar refractivity (Wildman–Crippen MR) is 120 cm³/mol. The molecule has 1 unspecified atom stereocenters. The molecule has 1 aromatic rings. The molecule has 0 aliphatic carbocycles. The van der Waals surface area contributed by atoms with Gasteiger partial charge in [-0.05, 0) is 17.5 Å². The van der Waals surface area contributed by atoms with Crippen LogP contribution in [-0.2, 0) is 22.6 Å². The number of morpholine rings is 1. The molecule has 3 rings (SSSR count). The summed E-state index contributed by atoms with van der Waals surface area (Å²) in [5.41, 5.74) is 1.69. The van der Waals surface area contributed by atoms with E-state index in [-0.39, 0.29) is 30.6 Å². The summed E-state index contributed by atoms with van der Waals surface area (Å²) in [5.74, 6) is 0.847. The van der Waals surface area contributed by atoms with Crippen LogP contribution in [-0.4, -0.2) is 81.0 Å². The smallest absolute Gasteiger partial charge is 0.379 e. The van der Waals surface area contributed by atoms with Crippen LogP contribution in [0.15, 0.2) is 29.3 Å². The van der Waals surface area contributed by atoms with E-state index in [2.05, 4.69) is 20.1 Å². The van der Waals surface area contributed by atoms with Gasteiger partial charge in [0.05, 0.1) is 19.8 Å². The molecule has 30 heavy (non-hydrogen) atoms. The second-order valence-corrected chi connectivity index (χ2v) is 7.37. The van der Waals surface area contributed by atoms with Gasteiger partial charge in [0.1, 0.15) is 6.61 Å². The maximum absolute atomic E-state index is 12.2. The molecule has 10 heteroatoms. The second kappa shape index (κ2) is 12.1. The highest BCUT2D eigenvalue weighted by atomic mass is 127. The molecule has 2 aliphatic heterocycles. The Kier molecular flexibility index (Phi) is 10.1. The van der Waals surface area contributed by atoms with Crippen molar-refractivity contribution < 1.29 is 22.6 Å². The van der Waals surface area contributed by atoms with Crippen molar-refractivity contribution in [2.24, 2.45) is 4.99 Å². The van der Waals surface area contributed by atoms with Crippen molar-refractivity contribution >= 4 is 29.9 Å². The van der Waals surface area contributed by atoms with E-state index in [0.717, 1.165) is 62.9 Å². The SMILES string of the molecule is CN=C(NCc1cccc(COCC(F)(F)F)c1)N1CCC(N2CCOCC2)C1.I. The Morgan fingerprint density at radius 1 is 1.23 bits per heavy atom. The van der Waals surface area contributed by atoms with Crippen LogP contribution >= 0.6 is 24.0 Å². The van der Waals surface area contributed by atoms with Crippen LogP contribution < -0.4 is 5.32 Å². The fourth-order valence-corrected chi connectivity index (χ4v) is 3.80. The van der Waals surface area contributed by atoms with E-state index in [9.17, 15) is 13.2 Å². The molecule has 0 saturated carbocycles. The van der Waals surface area contributed by atoms with E-state index in [4.69, 9.17) is 9.47 Å². The molecule has 0 bridgehead atoms. The quantitative estimate of drug-likeness (QED) is 0.341. The minimum Gasteiger partial charge on any atom is -0.379 e. The van der Waals surface area contributed by atoms with Gasteiger partial charge < -0.3 is 19.7 Å². The van der Waals surface area contributed by atoms with E-state index in [0.29, 0.717) is 12.6 Å². The van der Waals surface area contributed by atoms with Gasteiger partial charge in [-0.15, -0.1) is 24.0 Å². The van der Waals surface area contributed by atoms with E-state index in [1.807, 2.05) is 18.2 Å². The van der Waals surface area contributed by atoms with Crippen LogP contribution in [0.5, 0.6) is 0 Å². The van der Waals surface area contributed by atoms with Gasteiger partial charge in [0.25, 0.3) is 0 Å². The van der Waals surface area contributed by atoms with Crippen molar-refractivity contribution in [1.29, 1.82) is 0 Å². The average molecular weight is 542 g/mol. The zero-order valence-corrected chi connectivity index (χ0v) is 19.5. The van der Waals surface area contributed by atoms with Gasteiger partial charge in [-0.3, -0.25) is 9.89 Å². The lowest BCUT2D eigenvalue weighted by Gasteiger charge is -2.32. The second-order valence-electron chi connectivity index (χ2n) is 7.37. The number of rotatable bonds is 6. The molecule has 0 aromatic heterocycles. The lowest BCUT2D eigenvalue weighted by molar-refractivity contribution is -0.176. The number of guanidine groups is 1. The number of alkyl halides is 3. The molecule has 0 amide bonds. The Balaban J connectivity index is 0.00000320. The normalized spacial score (nSPS) is 20.9. The maximum atomic E-state index is 12.2. The monoisotopic (exact) mass is 542 g/mol. The van der Waals surface area contributed by atoms with Crippen molar-refractivity contribution in [1.82, 2.24) is 15.1 Å². The summed E-state index contributed by atoms with van der Waals surface area (Å²) in [7, 11) is 1.77. The summed E-state index contributed by atoms with van der Waals surface area (Å²) >= 11 is 0. The van der Waals surface area contributed by atoms with Gasteiger partial charge in [-0.25, -0.2) is 0 Å². The fourth-order valence-electron chi connectivity index (χ4n) is 3.80. The molecule has 1 N–H and O–H groups in total. The topological polar surface area (TPSA) is 49.3 Å². The minimum atomic E-state index is -4.31. The summed E-state index contributed by atoms with van der Waals surface area (Å²) < 4.78 is 46.8. The average Bonchev–Trinajstić information content (AvgIpc) is 3.19.